The molecule has 0 aliphatic carbocycles. The van der Waals surface area contributed by atoms with Crippen LogP contribution in [0.25, 0.3) is 0 Å². The molecule has 0 saturated carbocycles. The van der Waals surface area contributed by atoms with Crippen LogP contribution in [-0.2, 0) is 19.1 Å². The van der Waals surface area contributed by atoms with E-state index in [0.29, 0.717) is 0 Å². The lowest BCUT2D eigenvalue weighted by atomic mass is 9.99. The van der Waals surface area contributed by atoms with Crippen molar-refractivity contribution in [2.75, 3.05) is 6.61 Å². The van der Waals surface area contributed by atoms with E-state index in [4.69, 9.17) is 76.9 Å². The van der Waals surface area contributed by atoms with E-state index >= 15 is 0 Å². The number of aliphatic carboxylic acids is 2. The standard InChI is InChI=1S/C6H13NO4.C6H12O7.C6H10O7/c1-2-4(8)5(9)3(7)6(10)11-2;2*7-1-2(8)3(9)4(10)5(11)6(12)13/h2-6,8-10H,7H2,1H3;2-5,7-11H,1H2,(H,12,13);1-5,8-11H,(H,12,13)/t2-,3-,4+,5-,6?;2-,3-,4+,5-;2-,3-,4+,5+/m111/s1. The Labute approximate surface area is 208 Å². The lowest BCUT2D eigenvalue weighted by Crippen LogP contribution is -2.60. The quantitative estimate of drug-likeness (QED) is 0.112. The van der Waals surface area contributed by atoms with Crippen molar-refractivity contribution in [3.05, 3.63) is 0 Å². The van der Waals surface area contributed by atoms with Gasteiger partial charge >= 0.3 is 11.9 Å². The molecule has 0 aromatic carbocycles. The Morgan fingerprint density at radius 1 is 0.811 bits per heavy atom. The van der Waals surface area contributed by atoms with Crippen LogP contribution in [0, 0.1) is 0 Å². The summed E-state index contributed by atoms with van der Waals surface area (Å²) in [5.41, 5.74) is 5.29. The van der Waals surface area contributed by atoms with Gasteiger partial charge in [0.2, 0.25) is 0 Å². The van der Waals surface area contributed by atoms with Gasteiger partial charge in [0.15, 0.2) is 24.8 Å². The van der Waals surface area contributed by atoms with Crippen molar-refractivity contribution in [2.45, 2.75) is 86.4 Å². The fourth-order valence-electron chi connectivity index (χ4n) is 2.35. The highest BCUT2D eigenvalue weighted by Crippen LogP contribution is 2.17. The van der Waals surface area contributed by atoms with Crippen LogP contribution < -0.4 is 5.73 Å². The van der Waals surface area contributed by atoms with Gasteiger partial charge in [-0.05, 0) is 6.92 Å². The molecule has 0 aromatic rings. The minimum Gasteiger partial charge on any atom is -0.479 e. The first-order valence-corrected chi connectivity index (χ1v) is 10.3. The Kier molecular flexibility index (Phi) is 17.6. The number of carbonyl (C=O) groups excluding carboxylic acids is 1. The van der Waals surface area contributed by atoms with Crippen molar-refractivity contribution >= 4 is 18.2 Å². The van der Waals surface area contributed by atoms with Crippen LogP contribution in [0.2, 0.25) is 0 Å². The lowest BCUT2D eigenvalue weighted by molar-refractivity contribution is -0.236. The summed E-state index contributed by atoms with van der Waals surface area (Å²) in [6.45, 7) is 0.716. The molecule has 0 aromatic heterocycles. The molecule has 1 saturated heterocycles. The summed E-state index contributed by atoms with van der Waals surface area (Å²) in [6.07, 6.45) is -20.1. The normalized spacial score (nSPS) is 29.8. The average Bonchev–Trinajstić information content (AvgIpc) is 2.87. The number of carboxylic acids is 2. The zero-order valence-electron chi connectivity index (χ0n) is 19.3. The number of hydrogen-bond acceptors (Lipinski definition) is 17. The largest absolute Gasteiger partial charge is 0.479 e. The SMILES string of the molecule is C[C@H]1OC(O)[C@H](N)[C@@H](O)[C@H]1O.O=C(O)[C@H](O)[C@@H](O)[C@H](O)[C@H](O)CO.O=C[C@@H](O)[C@@H](O)[C@H](O)[C@H](O)C(=O)O. The van der Waals surface area contributed by atoms with Gasteiger partial charge in [-0.25, -0.2) is 9.59 Å². The highest BCUT2D eigenvalue weighted by molar-refractivity contribution is 5.73. The third-order valence-electron chi connectivity index (χ3n) is 4.83. The third kappa shape index (κ3) is 12.0. The topological polar surface area (TPSA) is 370 Å². The van der Waals surface area contributed by atoms with Crippen LogP contribution in [0.1, 0.15) is 6.92 Å². The molecule has 19 nitrogen and oxygen atoms in total. The molecule has 0 spiro atoms. The molecule has 1 unspecified atom stereocenters. The number of rotatable bonds is 10. The highest BCUT2D eigenvalue weighted by Gasteiger charge is 2.39. The summed E-state index contributed by atoms with van der Waals surface area (Å²) in [5, 5.41) is 122. The fourth-order valence-corrected chi connectivity index (χ4v) is 2.35. The minimum atomic E-state index is -2.25. The molecule has 0 bridgehead atoms. The molecule has 37 heavy (non-hydrogen) atoms. The number of aliphatic hydroxyl groups excluding tert-OH is 12. The molecule has 13 atom stereocenters. The maximum absolute atomic E-state index is 10.1. The Morgan fingerprint density at radius 2 is 1.22 bits per heavy atom. The van der Waals surface area contributed by atoms with E-state index in [2.05, 4.69) is 0 Å². The van der Waals surface area contributed by atoms with Gasteiger partial charge in [0.25, 0.3) is 0 Å². The molecular weight excluding hydrogens is 518 g/mol. The molecule has 1 heterocycles. The van der Waals surface area contributed by atoms with Crippen LogP contribution in [-0.4, -0.2) is 176 Å². The first-order valence-electron chi connectivity index (χ1n) is 10.3. The van der Waals surface area contributed by atoms with Crippen LogP contribution in [0.15, 0.2) is 0 Å². The first-order chi connectivity index (χ1) is 16.9. The van der Waals surface area contributed by atoms with Gasteiger partial charge in [0.1, 0.15) is 48.8 Å². The van der Waals surface area contributed by atoms with Crippen LogP contribution in [0.4, 0.5) is 0 Å². The summed E-state index contributed by atoms with van der Waals surface area (Å²) in [7, 11) is 0. The number of aliphatic hydroxyl groups is 12. The number of carboxylic acid groups (broad SMARTS) is 2. The summed E-state index contributed by atoms with van der Waals surface area (Å²) in [6, 6.07) is -0.929. The van der Waals surface area contributed by atoms with Crippen molar-refractivity contribution in [3.63, 3.8) is 0 Å². The predicted molar refractivity (Wildman–Crippen MR) is 113 cm³/mol. The van der Waals surface area contributed by atoms with Crippen LogP contribution in [0.5, 0.6) is 0 Å². The van der Waals surface area contributed by atoms with E-state index in [1.807, 2.05) is 0 Å². The predicted octanol–water partition coefficient (Wildman–Crippen LogP) is -9.01. The fraction of sp³-hybridized carbons (Fsp3) is 0.833. The van der Waals surface area contributed by atoms with Gasteiger partial charge in [-0.2, -0.15) is 0 Å². The van der Waals surface area contributed by atoms with Crippen molar-refractivity contribution in [1.82, 2.24) is 0 Å². The smallest absolute Gasteiger partial charge is 0.335 e. The molecule has 1 fully saturated rings. The van der Waals surface area contributed by atoms with Gasteiger partial charge < -0.3 is 86.8 Å². The molecular formula is C18H35NO18. The van der Waals surface area contributed by atoms with E-state index < -0.39 is 98.0 Å². The Balaban J connectivity index is 0. The Morgan fingerprint density at radius 3 is 1.57 bits per heavy atom. The van der Waals surface area contributed by atoms with Gasteiger partial charge in [0.05, 0.1) is 18.8 Å². The molecule has 1 aliphatic heterocycles. The third-order valence-corrected chi connectivity index (χ3v) is 4.83. The van der Waals surface area contributed by atoms with Gasteiger partial charge in [-0.1, -0.05) is 0 Å². The second kappa shape index (κ2) is 17.5. The average molecular weight is 553 g/mol. The van der Waals surface area contributed by atoms with Crippen molar-refractivity contribution in [2.24, 2.45) is 5.73 Å². The minimum absolute atomic E-state index is 0.0809. The van der Waals surface area contributed by atoms with E-state index in [9.17, 15) is 19.5 Å². The Hall–Kier alpha value is -1.95. The molecule has 220 valence electrons. The lowest BCUT2D eigenvalue weighted by Gasteiger charge is -2.37. The summed E-state index contributed by atoms with van der Waals surface area (Å²) in [4.78, 5) is 30.0. The molecule has 19 heteroatoms. The molecule has 1 aliphatic rings. The number of aldehydes is 1. The van der Waals surface area contributed by atoms with E-state index in [-0.39, 0.29) is 6.29 Å². The molecule has 0 amide bonds. The highest BCUT2D eigenvalue weighted by atomic mass is 16.6. The second-order valence-electron chi connectivity index (χ2n) is 7.70. The van der Waals surface area contributed by atoms with Gasteiger partial charge in [-0.15, -0.1) is 0 Å². The summed E-state index contributed by atoms with van der Waals surface area (Å²) < 4.78 is 4.80. The zero-order valence-corrected chi connectivity index (χ0v) is 19.3. The number of carbonyl (C=O) groups is 3. The second-order valence-corrected chi connectivity index (χ2v) is 7.70. The van der Waals surface area contributed by atoms with E-state index in [1.54, 1.807) is 6.92 Å². The first kappa shape index (κ1) is 37.2. The summed E-state index contributed by atoms with van der Waals surface area (Å²) >= 11 is 0. The maximum Gasteiger partial charge on any atom is 0.335 e. The monoisotopic (exact) mass is 553 g/mol. The molecule has 0 radical (unpaired) electrons. The van der Waals surface area contributed by atoms with Crippen molar-refractivity contribution in [1.29, 1.82) is 0 Å². The summed E-state index contributed by atoms with van der Waals surface area (Å²) in [5.74, 6) is -3.48. The van der Waals surface area contributed by atoms with Crippen molar-refractivity contribution in [3.8, 4) is 0 Å². The Bertz CT molecular complexity index is 669. The maximum atomic E-state index is 10.1. The number of hydrogen-bond donors (Lipinski definition) is 15. The molecule has 1 rings (SSSR count). The van der Waals surface area contributed by atoms with Gasteiger partial charge in [-0.3, -0.25) is 0 Å². The van der Waals surface area contributed by atoms with E-state index in [1.165, 1.54) is 0 Å². The van der Waals surface area contributed by atoms with Crippen LogP contribution >= 0.6 is 0 Å². The molecule has 16 N–H and O–H groups in total. The number of ether oxygens (including phenoxy) is 1. The van der Waals surface area contributed by atoms with Crippen molar-refractivity contribution < 1.29 is 90.6 Å². The zero-order chi connectivity index (χ0) is 29.8. The van der Waals surface area contributed by atoms with Gasteiger partial charge in [0, 0.05) is 0 Å². The van der Waals surface area contributed by atoms with E-state index in [0.717, 1.165) is 0 Å². The van der Waals surface area contributed by atoms with Crippen LogP contribution in [0.3, 0.4) is 0 Å². The number of nitrogens with two attached hydrogens (primary N) is 1.